The fourth-order valence-electron chi connectivity index (χ4n) is 7.85. The van der Waals surface area contributed by atoms with Gasteiger partial charge < -0.3 is 42.4 Å². The molecule has 1 aromatic heterocycles. The highest BCUT2D eigenvalue weighted by atomic mass is 31.2. The van der Waals surface area contributed by atoms with Crippen molar-refractivity contribution in [3.8, 4) is 17.2 Å². The molecule has 1 saturated heterocycles. The smallest absolute Gasteiger partial charge is 0.497 e. The second-order valence-electron chi connectivity index (χ2n) is 15.8. The number of phosphoric acid groups is 1. The third-order valence-electron chi connectivity index (χ3n) is 11.4. The van der Waals surface area contributed by atoms with Crippen molar-refractivity contribution >= 4 is 13.8 Å². The van der Waals surface area contributed by atoms with Crippen LogP contribution in [-0.2, 0) is 54.2 Å². The summed E-state index contributed by atoms with van der Waals surface area (Å²) in [4.78, 5) is 41.1. The lowest BCUT2D eigenvalue weighted by atomic mass is 9.80. The van der Waals surface area contributed by atoms with Crippen molar-refractivity contribution in [3.63, 3.8) is 0 Å². The van der Waals surface area contributed by atoms with E-state index in [0.29, 0.717) is 24.7 Å². The number of esters is 1. The summed E-state index contributed by atoms with van der Waals surface area (Å²) in [6.07, 6.45) is -3.49. The highest BCUT2D eigenvalue weighted by Gasteiger charge is 2.52. The minimum absolute atomic E-state index is 0.0215. The van der Waals surface area contributed by atoms with Crippen LogP contribution in [0.15, 0.2) is 155 Å². The molecule has 5 aromatic carbocycles. The number of methoxy groups -OCH3 is 3. The van der Waals surface area contributed by atoms with Crippen LogP contribution in [-0.4, -0.2) is 94.8 Å². The lowest BCUT2D eigenvalue weighted by Crippen LogP contribution is -2.41. The molecular formula is C52H57N2O15P. The van der Waals surface area contributed by atoms with E-state index >= 15 is 4.57 Å². The molecule has 18 heteroatoms. The maximum absolute atomic E-state index is 15.1. The number of rotatable bonds is 26. The molecule has 0 bridgehead atoms. The fraction of sp³-hybridized carbons (Fsp3) is 0.327. The topological polar surface area (TPSA) is 191 Å². The molecular weight excluding hydrogens is 924 g/mol. The molecule has 0 spiro atoms. The highest BCUT2D eigenvalue weighted by Crippen LogP contribution is 2.54. The Morgan fingerprint density at radius 3 is 1.80 bits per heavy atom. The van der Waals surface area contributed by atoms with Crippen molar-refractivity contribution in [2.75, 3.05) is 61.0 Å². The van der Waals surface area contributed by atoms with Crippen molar-refractivity contribution < 1.29 is 60.8 Å². The van der Waals surface area contributed by atoms with Crippen LogP contribution in [0.3, 0.4) is 0 Å². The molecule has 7 rings (SSSR count). The van der Waals surface area contributed by atoms with Gasteiger partial charge in [-0.2, -0.15) is 0 Å². The van der Waals surface area contributed by atoms with Gasteiger partial charge in [0.2, 0.25) is 0 Å². The van der Waals surface area contributed by atoms with Gasteiger partial charge in [0.15, 0.2) is 12.3 Å². The lowest BCUT2D eigenvalue weighted by molar-refractivity contribution is -0.0519. The molecule has 70 heavy (non-hydrogen) atoms. The largest absolute Gasteiger partial charge is 0.530 e. The molecule has 5 atom stereocenters. The molecule has 1 N–H and O–H groups in total. The Morgan fingerprint density at radius 1 is 0.671 bits per heavy atom. The quantitative estimate of drug-likeness (QED) is 0.0239. The monoisotopic (exact) mass is 980 g/mol. The van der Waals surface area contributed by atoms with Gasteiger partial charge in [0, 0.05) is 19.4 Å². The number of hydrogen-bond donors (Lipinski definition) is 1. The Balaban J connectivity index is 1.17. The Labute approximate surface area is 405 Å². The van der Waals surface area contributed by atoms with Gasteiger partial charge in [-0.15, -0.1) is 0 Å². The summed E-state index contributed by atoms with van der Waals surface area (Å²) >= 11 is 0. The molecule has 0 radical (unpaired) electrons. The first-order chi connectivity index (χ1) is 34.1. The van der Waals surface area contributed by atoms with Crippen LogP contribution in [0.5, 0.6) is 17.2 Å². The summed E-state index contributed by atoms with van der Waals surface area (Å²) in [5.74, 6) is 0.719. The molecule has 6 aromatic rings. The van der Waals surface area contributed by atoms with Crippen molar-refractivity contribution in [1.29, 1.82) is 0 Å². The lowest BCUT2D eigenvalue weighted by Gasteiger charge is -2.36. The number of hydrogen-bond acceptors (Lipinski definition) is 15. The van der Waals surface area contributed by atoms with Crippen molar-refractivity contribution in [2.24, 2.45) is 0 Å². The summed E-state index contributed by atoms with van der Waals surface area (Å²) in [6.45, 7) is 2.94. The minimum Gasteiger partial charge on any atom is -0.497 e. The number of nitrogens with one attached hydrogen (secondary N) is 1. The Bertz CT molecular complexity index is 2670. The van der Waals surface area contributed by atoms with Gasteiger partial charge in [-0.25, -0.2) is 14.2 Å². The predicted octanol–water partition coefficient (Wildman–Crippen LogP) is 7.86. The maximum atomic E-state index is 15.1. The van der Waals surface area contributed by atoms with E-state index < -0.39 is 55.2 Å². The summed E-state index contributed by atoms with van der Waals surface area (Å²) in [5, 5.41) is 0. The number of aromatic amines is 1. The first kappa shape index (κ1) is 51.5. The molecule has 2 heterocycles. The van der Waals surface area contributed by atoms with Crippen molar-refractivity contribution in [1.82, 2.24) is 9.55 Å². The van der Waals surface area contributed by atoms with Crippen LogP contribution in [0.25, 0.3) is 0 Å². The van der Waals surface area contributed by atoms with E-state index in [2.05, 4.69) is 4.98 Å². The number of nitrogens with zero attached hydrogens (tertiary/aromatic N) is 1. The van der Waals surface area contributed by atoms with Crippen molar-refractivity contribution in [2.45, 2.75) is 50.1 Å². The zero-order valence-electron chi connectivity index (χ0n) is 39.3. The average Bonchev–Trinajstić information content (AvgIpc) is 3.72. The Hall–Kier alpha value is -6.40. The number of H-pyrrole nitrogens is 1. The van der Waals surface area contributed by atoms with Crippen LogP contribution in [0, 0.1) is 0 Å². The second-order valence-corrected chi connectivity index (χ2v) is 17.4. The van der Waals surface area contributed by atoms with E-state index in [0.717, 1.165) is 32.9 Å². The van der Waals surface area contributed by atoms with E-state index in [4.69, 9.17) is 51.5 Å². The highest BCUT2D eigenvalue weighted by molar-refractivity contribution is 7.49. The first-order valence-electron chi connectivity index (χ1n) is 22.7. The number of aromatic nitrogens is 2. The van der Waals surface area contributed by atoms with E-state index in [1.165, 1.54) is 6.20 Å². The molecule has 0 amide bonds. The van der Waals surface area contributed by atoms with Crippen LogP contribution in [0.1, 0.15) is 52.2 Å². The van der Waals surface area contributed by atoms with Gasteiger partial charge in [0.25, 0.3) is 5.56 Å². The molecule has 1 fully saturated rings. The molecule has 0 saturated carbocycles. The van der Waals surface area contributed by atoms with E-state index in [1.54, 1.807) is 82.9 Å². The fourth-order valence-corrected chi connectivity index (χ4v) is 9.24. The van der Waals surface area contributed by atoms with Crippen LogP contribution in [0.2, 0.25) is 0 Å². The molecule has 0 aliphatic carbocycles. The third-order valence-corrected chi connectivity index (χ3v) is 12.8. The number of benzene rings is 5. The summed E-state index contributed by atoms with van der Waals surface area (Å²) in [6, 6.07) is 41.4. The van der Waals surface area contributed by atoms with Crippen LogP contribution in [0.4, 0.5) is 0 Å². The summed E-state index contributed by atoms with van der Waals surface area (Å²) in [5.41, 5.74) is 0.955. The molecule has 3 unspecified atom stereocenters. The van der Waals surface area contributed by atoms with Crippen molar-refractivity contribution in [3.05, 3.63) is 194 Å². The van der Waals surface area contributed by atoms with E-state index in [1.807, 2.05) is 78.9 Å². The summed E-state index contributed by atoms with van der Waals surface area (Å²) < 4.78 is 81.1. The third kappa shape index (κ3) is 12.9. The van der Waals surface area contributed by atoms with Gasteiger partial charge in [0.1, 0.15) is 29.0 Å². The van der Waals surface area contributed by atoms with Gasteiger partial charge in [-0.3, -0.25) is 23.4 Å². The van der Waals surface area contributed by atoms with Gasteiger partial charge in [0.05, 0.1) is 72.1 Å². The van der Waals surface area contributed by atoms with Crippen LogP contribution < -0.4 is 25.2 Å². The minimum atomic E-state index is -4.69. The van der Waals surface area contributed by atoms with Gasteiger partial charge in [-0.05, 0) is 77.2 Å². The van der Waals surface area contributed by atoms with Gasteiger partial charge >= 0.3 is 19.5 Å². The molecule has 1 aliphatic heterocycles. The Morgan fingerprint density at radius 2 is 1.23 bits per heavy atom. The standard InChI is InChI=1S/C52H57N2O15P/c1-5-45-47(48(67-50(56)38-12-8-6-9-13-38)49(66-45)54-29-28-46(55)53-51(54)57)69-70(58,65-35-34-63-33-32-62-31-30-59-2)68-44-22-16-37(17-23-44)36-64-52(39-14-10-7-11-15-39,40-18-24-42(60-3)25-19-40)41-20-26-43(61-4)27-21-41/h6-29,45,47-49H,5,30-36H2,1-4H3,(H,53,55,57)/t45-,47?,48?,49-,70?/m1/s1. The molecule has 370 valence electrons. The first-order valence-corrected chi connectivity index (χ1v) is 24.1. The molecule has 17 nitrogen and oxygen atoms in total. The predicted molar refractivity (Wildman–Crippen MR) is 257 cm³/mol. The zero-order chi connectivity index (χ0) is 49.4. The SMILES string of the molecule is CC[C@H]1O[C@@H](n2ccc(=O)[nH]c2=O)C(OC(=O)c2ccccc2)C1OP(=O)(OCCOCCOCCOC)Oc1ccc(COC(c2ccccc2)(c2ccc(OC)cc2)c2ccc(OC)cc2)cc1. The van der Waals surface area contributed by atoms with E-state index in [-0.39, 0.29) is 50.8 Å². The number of carbonyl (C=O) groups excluding carboxylic acids is 1. The molecule has 1 aliphatic rings. The number of ether oxygens (including phenoxy) is 8. The normalized spacial score (nSPS) is 17.7. The Kier molecular flexibility index (Phi) is 18.3. The van der Waals surface area contributed by atoms with Crippen LogP contribution >= 0.6 is 7.82 Å². The number of carbonyl (C=O) groups is 1. The van der Waals surface area contributed by atoms with Gasteiger partial charge in [-0.1, -0.05) is 91.9 Å². The number of phosphoric ester groups is 1. The maximum Gasteiger partial charge on any atom is 0.530 e. The average molecular weight is 981 g/mol. The van der Waals surface area contributed by atoms with E-state index in [9.17, 15) is 14.4 Å². The zero-order valence-corrected chi connectivity index (χ0v) is 40.2. The summed E-state index contributed by atoms with van der Waals surface area (Å²) in [7, 11) is 0.117. The second kappa shape index (κ2) is 24.9.